The molecule has 2 aromatic heterocycles. The van der Waals surface area contributed by atoms with Crippen molar-refractivity contribution in [2.24, 2.45) is 0 Å². The third kappa shape index (κ3) is 5.92. The minimum atomic E-state index is -0.608. The van der Waals surface area contributed by atoms with E-state index in [0.717, 1.165) is 0 Å². The zero-order valence-corrected chi connectivity index (χ0v) is 23.2. The number of amides is 3. The van der Waals surface area contributed by atoms with Crippen LogP contribution in [0.2, 0.25) is 0 Å². The molecule has 0 saturated carbocycles. The van der Waals surface area contributed by atoms with Gasteiger partial charge in [-0.25, -0.2) is 19.6 Å². The van der Waals surface area contributed by atoms with Gasteiger partial charge in [-0.05, 0) is 55.3 Å². The van der Waals surface area contributed by atoms with Gasteiger partial charge in [0.15, 0.2) is 5.65 Å². The number of anilines is 2. The van der Waals surface area contributed by atoms with Crippen LogP contribution in [0.15, 0.2) is 71.7 Å². The lowest BCUT2D eigenvalue weighted by atomic mass is 10.2. The summed E-state index contributed by atoms with van der Waals surface area (Å²) in [6.07, 6.45) is 2.90. The summed E-state index contributed by atoms with van der Waals surface area (Å²) in [5.41, 5.74) is 1.95. The Morgan fingerprint density at radius 3 is 2.67 bits per heavy atom. The fourth-order valence-electron chi connectivity index (χ4n) is 5.04. The van der Waals surface area contributed by atoms with E-state index in [2.05, 4.69) is 20.6 Å². The van der Waals surface area contributed by atoms with Gasteiger partial charge in [-0.15, -0.1) is 0 Å². The zero-order valence-electron chi connectivity index (χ0n) is 23.2. The molecule has 0 radical (unpaired) electrons. The highest BCUT2D eigenvalue weighted by atomic mass is 16.5. The number of nitrogens with zero attached hydrogens (tertiary/aromatic N) is 4. The lowest BCUT2D eigenvalue weighted by molar-refractivity contribution is -0.150. The Hall–Kier alpha value is -5.26. The molecule has 2 N–H and O–H groups in total. The molecule has 0 aliphatic carbocycles. The number of aryl methyl sites for hydroxylation is 1. The van der Waals surface area contributed by atoms with Crippen molar-refractivity contribution in [3.05, 3.63) is 82.9 Å². The summed E-state index contributed by atoms with van der Waals surface area (Å²) in [6.45, 7) is 0.461. The minimum absolute atomic E-state index is 0.00617. The van der Waals surface area contributed by atoms with Crippen LogP contribution in [-0.2, 0) is 20.7 Å². The van der Waals surface area contributed by atoms with E-state index >= 15 is 0 Å². The normalized spacial score (nSPS) is 14.4. The molecule has 216 valence electrons. The lowest BCUT2D eigenvalue weighted by Gasteiger charge is -2.22. The Morgan fingerprint density at radius 2 is 1.86 bits per heavy atom. The van der Waals surface area contributed by atoms with Crippen LogP contribution >= 0.6 is 0 Å². The molecule has 3 heterocycles. The number of carbonyl (C=O) groups is 3. The van der Waals surface area contributed by atoms with Crippen LogP contribution < -0.4 is 20.9 Å². The van der Waals surface area contributed by atoms with E-state index < -0.39 is 23.6 Å². The SMILES string of the molecule is COC(=O)[C@@H]1CCCN1C(=O)CCc1nc2cccnc2n(-c2cccc(NC(=O)Nc3ccccc3OC)c2)c1=O. The highest BCUT2D eigenvalue weighted by molar-refractivity contribution is 6.00. The number of hydrogen-bond donors (Lipinski definition) is 2. The molecule has 1 saturated heterocycles. The van der Waals surface area contributed by atoms with Gasteiger partial charge < -0.3 is 25.0 Å². The fraction of sp³-hybridized carbons (Fsp3) is 0.267. The second kappa shape index (κ2) is 12.5. The molecule has 12 heteroatoms. The Balaban J connectivity index is 1.40. The topological polar surface area (TPSA) is 145 Å². The molecular weight excluding hydrogens is 540 g/mol. The number of methoxy groups -OCH3 is 2. The maximum atomic E-state index is 13.7. The third-order valence-corrected chi connectivity index (χ3v) is 7.02. The Morgan fingerprint density at radius 1 is 1.02 bits per heavy atom. The molecular formula is C30H30N6O6. The number of hydrogen-bond acceptors (Lipinski definition) is 8. The Kier molecular flexibility index (Phi) is 8.42. The maximum absolute atomic E-state index is 13.7. The van der Waals surface area contributed by atoms with Crippen LogP contribution in [0.5, 0.6) is 5.75 Å². The molecule has 0 spiro atoms. The molecule has 4 aromatic rings. The van der Waals surface area contributed by atoms with Crippen molar-refractivity contribution in [3.63, 3.8) is 0 Å². The van der Waals surface area contributed by atoms with Crippen LogP contribution in [0.3, 0.4) is 0 Å². The van der Waals surface area contributed by atoms with Crippen LogP contribution in [0.1, 0.15) is 25.0 Å². The van der Waals surface area contributed by atoms with Crippen LogP contribution in [0, 0.1) is 0 Å². The number of rotatable bonds is 8. The van der Waals surface area contributed by atoms with Gasteiger partial charge in [0.2, 0.25) is 5.91 Å². The second-order valence-corrected chi connectivity index (χ2v) is 9.64. The first-order chi connectivity index (χ1) is 20.4. The molecule has 1 aliphatic heterocycles. The zero-order chi connectivity index (χ0) is 29.6. The average molecular weight is 571 g/mol. The molecule has 5 rings (SSSR count). The number of carbonyl (C=O) groups excluding carboxylic acids is 3. The average Bonchev–Trinajstić information content (AvgIpc) is 3.50. The van der Waals surface area contributed by atoms with Crippen LogP contribution in [-0.4, -0.2) is 64.1 Å². The van der Waals surface area contributed by atoms with Crippen molar-refractivity contribution in [2.75, 3.05) is 31.4 Å². The predicted molar refractivity (Wildman–Crippen MR) is 156 cm³/mol. The molecule has 0 bridgehead atoms. The summed E-state index contributed by atoms with van der Waals surface area (Å²) in [5.74, 6) is -0.170. The molecule has 1 fully saturated rings. The fourth-order valence-corrected chi connectivity index (χ4v) is 5.04. The summed E-state index contributed by atoms with van der Waals surface area (Å²) in [4.78, 5) is 62.0. The number of ether oxygens (including phenoxy) is 2. The van der Waals surface area contributed by atoms with Crippen molar-refractivity contribution in [3.8, 4) is 11.4 Å². The molecule has 1 atom stereocenters. The van der Waals surface area contributed by atoms with Crippen molar-refractivity contribution in [1.82, 2.24) is 19.4 Å². The van der Waals surface area contributed by atoms with Crippen LogP contribution in [0.4, 0.5) is 16.2 Å². The van der Waals surface area contributed by atoms with Crippen molar-refractivity contribution in [1.29, 1.82) is 0 Å². The van der Waals surface area contributed by atoms with Crippen molar-refractivity contribution in [2.45, 2.75) is 31.7 Å². The first-order valence-electron chi connectivity index (χ1n) is 13.4. The lowest BCUT2D eigenvalue weighted by Crippen LogP contribution is -2.41. The van der Waals surface area contributed by atoms with E-state index in [9.17, 15) is 19.2 Å². The Labute approximate surface area is 241 Å². The smallest absolute Gasteiger partial charge is 0.328 e. The summed E-state index contributed by atoms with van der Waals surface area (Å²) >= 11 is 0. The molecule has 12 nitrogen and oxygen atoms in total. The number of urea groups is 1. The minimum Gasteiger partial charge on any atom is -0.495 e. The van der Waals surface area contributed by atoms with E-state index in [1.807, 2.05) is 0 Å². The number of benzene rings is 2. The van der Waals surface area contributed by atoms with E-state index in [1.54, 1.807) is 66.9 Å². The standard InChI is InChI=1S/C30H30N6O6/c1-41-25-13-4-3-10-21(25)34-30(40)32-19-8-5-9-20(18-19)36-27-22(11-6-16-31-27)33-23(28(36)38)14-15-26(37)35-17-7-12-24(35)29(39)42-2/h3-6,8-11,13,16,18,24H,7,12,14-15,17H2,1-2H3,(H2,32,34,40)/t24-/m0/s1. The van der Waals surface area contributed by atoms with Gasteiger partial charge in [0.05, 0.1) is 25.6 Å². The summed E-state index contributed by atoms with van der Waals surface area (Å²) < 4.78 is 11.5. The van der Waals surface area contributed by atoms with Gasteiger partial charge in [0.25, 0.3) is 5.56 Å². The summed E-state index contributed by atoms with van der Waals surface area (Å²) in [7, 11) is 2.82. The first-order valence-corrected chi connectivity index (χ1v) is 13.4. The maximum Gasteiger partial charge on any atom is 0.328 e. The number of para-hydroxylation sites is 2. The van der Waals surface area contributed by atoms with Gasteiger partial charge in [-0.1, -0.05) is 18.2 Å². The monoisotopic (exact) mass is 570 g/mol. The van der Waals surface area contributed by atoms with E-state index in [1.165, 1.54) is 23.7 Å². The molecule has 0 unspecified atom stereocenters. The second-order valence-electron chi connectivity index (χ2n) is 9.64. The van der Waals surface area contributed by atoms with Gasteiger partial charge in [0, 0.05) is 31.3 Å². The van der Waals surface area contributed by atoms with Gasteiger partial charge in [-0.3, -0.25) is 14.2 Å². The number of esters is 1. The van der Waals surface area contributed by atoms with Gasteiger partial charge in [0.1, 0.15) is 23.0 Å². The number of nitrogens with one attached hydrogen (secondary N) is 2. The molecule has 1 aliphatic rings. The number of fused-ring (bicyclic) bond motifs is 1. The first kappa shape index (κ1) is 28.3. The molecule has 3 amide bonds. The quantitative estimate of drug-likeness (QED) is 0.306. The Bertz CT molecular complexity index is 1700. The number of aromatic nitrogens is 3. The third-order valence-electron chi connectivity index (χ3n) is 7.02. The van der Waals surface area contributed by atoms with E-state index in [-0.39, 0.29) is 24.4 Å². The molecule has 2 aromatic carbocycles. The number of likely N-dealkylation sites (tertiary alicyclic amines) is 1. The summed E-state index contributed by atoms with van der Waals surface area (Å²) in [5, 5.41) is 5.53. The summed E-state index contributed by atoms with van der Waals surface area (Å²) in [6, 6.07) is 16.1. The number of pyridine rings is 1. The van der Waals surface area contributed by atoms with E-state index in [4.69, 9.17) is 9.47 Å². The molecule has 42 heavy (non-hydrogen) atoms. The van der Waals surface area contributed by atoms with Crippen molar-refractivity contribution < 1.29 is 23.9 Å². The van der Waals surface area contributed by atoms with Gasteiger partial charge >= 0.3 is 12.0 Å². The highest BCUT2D eigenvalue weighted by Crippen LogP contribution is 2.24. The largest absolute Gasteiger partial charge is 0.495 e. The van der Waals surface area contributed by atoms with E-state index in [0.29, 0.717) is 53.4 Å². The van der Waals surface area contributed by atoms with Gasteiger partial charge in [-0.2, -0.15) is 0 Å². The highest BCUT2D eigenvalue weighted by Gasteiger charge is 2.34. The predicted octanol–water partition coefficient (Wildman–Crippen LogP) is 3.53. The van der Waals surface area contributed by atoms with Crippen LogP contribution in [0.25, 0.3) is 16.9 Å². The van der Waals surface area contributed by atoms with Crippen molar-refractivity contribution >= 4 is 40.4 Å².